The third-order valence-corrected chi connectivity index (χ3v) is 3.96. The van der Waals surface area contributed by atoms with Crippen LogP contribution in [-0.4, -0.2) is 11.9 Å². The van der Waals surface area contributed by atoms with Crippen molar-refractivity contribution >= 4 is 33.9 Å². The summed E-state index contributed by atoms with van der Waals surface area (Å²) in [5, 5.41) is 15.9. The fraction of sp³-hybridized carbons (Fsp3) is 0.0476. The van der Waals surface area contributed by atoms with Crippen LogP contribution in [-0.2, 0) is 4.79 Å². The van der Waals surface area contributed by atoms with Crippen LogP contribution in [0.2, 0.25) is 0 Å². The van der Waals surface area contributed by atoms with Crippen molar-refractivity contribution in [3.8, 4) is 0 Å². The molecule has 1 amide bonds. The molecule has 3 aromatic rings. The average Bonchev–Trinajstić information content (AvgIpc) is 2.61. The fourth-order valence-corrected chi connectivity index (χ4v) is 2.65. The third kappa shape index (κ3) is 4.61. The summed E-state index contributed by atoms with van der Waals surface area (Å²) >= 11 is 0. The summed E-state index contributed by atoms with van der Waals surface area (Å²) in [7, 11) is 0. The normalized spacial score (nSPS) is 10.9. The molecule has 0 saturated heterocycles. The Balaban J connectivity index is 0.00000243. The van der Waals surface area contributed by atoms with Gasteiger partial charge >= 0.3 is 29.6 Å². The van der Waals surface area contributed by atoms with Crippen LogP contribution in [0.3, 0.4) is 0 Å². The molecule has 0 heterocycles. The van der Waals surface area contributed by atoms with Crippen LogP contribution in [0.15, 0.2) is 72.8 Å². The molecule has 0 aromatic heterocycles. The zero-order valence-electron chi connectivity index (χ0n) is 14.7. The number of hydrogen-bond donors (Lipinski definition) is 1. The Kier molecular flexibility index (Phi) is 6.75. The molecular formula is C21H16NNaO3. The Labute approximate surface area is 173 Å². The number of nitrogens with one attached hydrogen (secondary N) is 1. The molecule has 3 aromatic carbocycles. The first-order valence-electron chi connectivity index (χ1n) is 7.83. The molecule has 0 aliphatic rings. The van der Waals surface area contributed by atoms with Crippen molar-refractivity contribution in [1.29, 1.82) is 0 Å². The Morgan fingerprint density at radius 3 is 2.31 bits per heavy atom. The molecule has 0 radical (unpaired) electrons. The number of carboxylic acid groups (broad SMARTS) is 1. The summed E-state index contributed by atoms with van der Waals surface area (Å²) in [6, 6.07) is 20.1. The number of carbonyl (C=O) groups excluding carboxylic acids is 2. The van der Waals surface area contributed by atoms with E-state index in [0.29, 0.717) is 0 Å². The molecule has 26 heavy (non-hydrogen) atoms. The van der Waals surface area contributed by atoms with E-state index in [1.165, 1.54) is 18.2 Å². The van der Waals surface area contributed by atoms with Crippen LogP contribution < -0.4 is 40.0 Å². The molecule has 0 unspecified atom stereocenters. The Bertz CT molecular complexity index is 995. The SMILES string of the molecule is C/C(=C\C(=O)Nc1ccccc1C(=O)[O-])c1ccc2ccccc2c1.[Na+]. The Morgan fingerprint density at radius 2 is 1.58 bits per heavy atom. The van der Waals surface area contributed by atoms with Crippen LogP contribution in [0.5, 0.6) is 0 Å². The van der Waals surface area contributed by atoms with Gasteiger partial charge in [0.1, 0.15) is 0 Å². The van der Waals surface area contributed by atoms with Crippen molar-refractivity contribution in [2.24, 2.45) is 0 Å². The number of fused-ring (bicyclic) bond motifs is 1. The fourth-order valence-electron chi connectivity index (χ4n) is 2.65. The minimum atomic E-state index is -1.33. The van der Waals surface area contributed by atoms with Gasteiger partial charge in [0, 0.05) is 11.6 Å². The quantitative estimate of drug-likeness (QED) is 0.540. The first-order valence-corrected chi connectivity index (χ1v) is 7.83. The van der Waals surface area contributed by atoms with Crippen molar-refractivity contribution in [3.63, 3.8) is 0 Å². The molecule has 1 N–H and O–H groups in total. The topological polar surface area (TPSA) is 69.2 Å². The number of anilines is 1. The summed E-state index contributed by atoms with van der Waals surface area (Å²) in [6.45, 7) is 1.84. The zero-order chi connectivity index (χ0) is 17.8. The van der Waals surface area contributed by atoms with E-state index in [0.717, 1.165) is 21.9 Å². The van der Waals surface area contributed by atoms with E-state index in [2.05, 4.69) is 5.32 Å². The van der Waals surface area contributed by atoms with E-state index in [-0.39, 0.29) is 46.7 Å². The van der Waals surface area contributed by atoms with Gasteiger partial charge in [-0.1, -0.05) is 54.6 Å². The maximum Gasteiger partial charge on any atom is 1.00 e. The van der Waals surface area contributed by atoms with Gasteiger partial charge < -0.3 is 15.2 Å². The minimum absolute atomic E-state index is 0. The first kappa shape index (κ1) is 19.9. The van der Waals surface area contributed by atoms with Crippen molar-refractivity contribution in [3.05, 3.63) is 83.9 Å². The molecule has 5 heteroatoms. The maximum atomic E-state index is 12.2. The van der Waals surface area contributed by atoms with Crippen molar-refractivity contribution in [1.82, 2.24) is 0 Å². The van der Waals surface area contributed by atoms with Crippen molar-refractivity contribution in [2.75, 3.05) is 5.32 Å². The van der Waals surface area contributed by atoms with E-state index in [4.69, 9.17) is 0 Å². The second-order valence-corrected chi connectivity index (χ2v) is 5.71. The number of aromatic carboxylic acids is 1. The number of rotatable bonds is 4. The average molecular weight is 353 g/mol. The number of allylic oxidation sites excluding steroid dienone is 1. The van der Waals surface area contributed by atoms with Gasteiger partial charge in [0.05, 0.1) is 11.7 Å². The molecular weight excluding hydrogens is 337 g/mol. The summed E-state index contributed by atoms with van der Waals surface area (Å²) in [6.07, 6.45) is 1.45. The Hall–Kier alpha value is -2.40. The largest absolute Gasteiger partial charge is 1.00 e. The van der Waals surface area contributed by atoms with E-state index in [9.17, 15) is 14.7 Å². The van der Waals surface area contributed by atoms with Gasteiger partial charge in [0.2, 0.25) is 5.91 Å². The summed E-state index contributed by atoms with van der Waals surface area (Å²) in [5.41, 5.74) is 1.89. The standard InChI is InChI=1S/C21H17NO3.Na/c1-14(16-11-10-15-6-2-3-7-17(15)13-16)12-20(23)22-19-9-5-4-8-18(19)21(24)25;/h2-13H,1H3,(H,22,23)(H,24,25);/q;+1/p-1/b14-12+;. The summed E-state index contributed by atoms with van der Waals surface area (Å²) in [4.78, 5) is 23.3. The number of amides is 1. The monoisotopic (exact) mass is 353 g/mol. The van der Waals surface area contributed by atoms with Gasteiger partial charge in [-0.3, -0.25) is 4.79 Å². The van der Waals surface area contributed by atoms with Crippen LogP contribution in [0.4, 0.5) is 5.69 Å². The summed E-state index contributed by atoms with van der Waals surface area (Å²) in [5.74, 6) is -1.72. The molecule has 0 aliphatic carbocycles. The second kappa shape index (κ2) is 8.81. The van der Waals surface area contributed by atoms with Crippen molar-refractivity contribution < 1.29 is 44.3 Å². The van der Waals surface area contributed by atoms with Gasteiger partial charge in [0.15, 0.2) is 0 Å². The number of para-hydroxylation sites is 1. The van der Waals surface area contributed by atoms with Gasteiger partial charge in [-0.2, -0.15) is 0 Å². The zero-order valence-corrected chi connectivity index (χ0v) is 16.7. The number of hydrogen-bond acceptors (Lipinski definition) is 3. The van der Waals surface area contributed by atoms with Gasteiger partial charge in [-0.05, 0) is 41.0 Å². The van der Waals surface area contributed by atoms with Gasteiger partial charge in [0.25, 0.3) is 0 Å². The van der Waals surface area contributed by atoms with Crippen molar-refractivity contribution in [2.45, 2.75) is 6.92 Å². The van der Waals surface area contributed by atoms with Gasteiger partial charge in [-0.15, -0.1) is 0 Å². The number of carbonyl (C=O) groups is 2. The smallest absolute Gasteiger partial charge is 0.545 e. The molecule has 3 rings (SSSR count). The van der Waals surface area contributed by atoms with E-state index >= 15 is 0 Å². The second-order valence-electron chi connectivity index (χ2n) is 5.71. The molecule has 4 nitrogen and oxygen atoms in total. The molecule has 124 valence electrons. The van der Waals surface area contributed by atoms with E-state index in [1.807, 2.05) is 49.4 Å². The maximum absolute atomic E-state index is 12.2. The van der Waals surface area contributed by atoms with Gasteiger partial charge in [-0.25, -0.2) is 0 Å². The molecule has 0 aliphatic heterocycles. The molecule has 0 saturated carbocycles. The predicted molar refractivity (Wildman–Crippen MR) is 97.0 cm³/mol. The van der Waals surface area contributed by atoms with Crippen LogP contribution in [0, 0.1) is 0 Å². The molecule has 0 bridgehead atoms. The predicted octanol–water partition coefficient (Wildman–Crippen LogP) is 0.249. The van der Waals surface area contributed by atoms with Crippen LogP contribution in [0.1, 0.15) is 22.8 Å². The third-order valence-electron chi connectivity index (χ3n) is 3.96. The summed E-state index contributed by atoms with van der Waals surface area (Å²) < 4.78 is 0. The Morgan fingerprint density at radius 1 is 0.923 bits per heavy atom. The van der Waals surface area contributed by atoms with Crippen LogP contribution >= 0.6 is 0 Å². The molecule has 0 spiro atoms. The molecule has 0 fully saturated rings. The number of benzene rings is 3. The van der Waals surface area contributed by atoms with E-state index < -0.39 is 5.97 Å². The first-order chi connectivity index (χ1) is 12.0. The van der Waals surface area contributed by atoms with Crippen LogP contribution in [0.25, 0.3) is 16.3 Å². The number of carboxylic acids is 1. The molecule has 0 atom stereocenters. The van der Waals surface area contributed by atoms with E-state index in [1.54, 1.807) is 12.1 Å². The minimum Gasteiger partial charge on any atom is -0.545 e.